The van der Waals surface area contributed by atoms with Crippen molar-refractivity contribution in [1.29, 1.82) is 0 Å². The molecule has 0 aliphatic rings. The second kappa shape index (κ2) is 4.06. The first-order valence-electron chi connectivity index (χ1n) is 4.70. The van der Waals surface area contributed by atoms with Gasteiger partial charge in [0.15, 0.2) is 5.82 Å². The zero-order valence-electron chi connectivity index (χ0n) is 9.06. The molecular formula is C11H13N3S. The van der Waals surface area contributed by atoms with Crippen molar-refractivity contribution in [2.24, 2.45) is 0 Å². The molecule has 0 saturated carbocycles. The number of anilines is 1. The number of aromatic nitrogens is 2. The summed E-state index contributed by atoms with van der Waals surface area (Å²) in [5.41, 5.74) is 1.89. The van der Waals surface area contributed by atoms with Crippen molar-refractivity contribution in [3.8, 4) is 0 Å². The minimum atomic E-state index is 0.932. The first-order chi connectivity index (χ1) is 7.22. The van der Waals surface area contributed by atoms with Gasteiger partial charge in [0.05, 0.1) is 11.0 Å². The fraction of sp³-hybridized carbons (Fsp3) is 0.273. The molecule has 0 atom stereocenters. The van der Waals surface area contributed by atoms with E-state index in [-0.39, 0.29) is 0 Å². The van der Waals surface area contributed by atoms with Crippen LogP contribution < -0.4 is 4.90 Å². The van der Waals surface area contributed by atoms with Gasteiger partial charge in [-0.3, -0.25) is 0 Å². The first-order valence-corrected chi connectivity index (χ1v) is 5.93. The van der Waals surface area contributed by atoms with Crippen molar-refractivity contribution in [2.45, 2.75) is 5.03 Å². The zero-order chi connectivity index (χ0) is 10.8. The molecule has 0 spiro atoms. The standard InChI is InChI=1S/C11H13N3S/c1-14(2)10-11(15-3)13-9-7-5-4-6-8(9)12-10/h4-7H,1-3H3. The van der Waals surface area contributed by atoms with Gasteiger partial charge in [-0.1, -0.05) is 12.1 Å². The van der Waals surface area contributed by atoms with E-state index in [0.717, 1.165) is 21.9 Å². The average molecular weight is 219 g/mol. The van der Waals surface area contributed by atoms with Crippen LogP contribution in [0.3, 0.4) is 0 Å². The molecule has 0 unspecified atom stereocenters. The van der Waals surface area contributed by atoms with Crippen LogP contribution in [0.2, 0.25) is 0 Å². The molecule has 4 heteroatoms. The summed E-state index contributed by atoms with van der Waals surface area (Å²) >= 11 is 1.62. The van der Waals surface area contributed by atoms with Crippen LogP contribution in [0.1, 0.15) is 0 Å². The maximum atomic E-state index is 4.59. The number of thioether (sulfide) groups is 1. The van der Waals surface area contributed by atoms with Crippen LogP contribution in [0, 0.1) is 0 Å². The second-order valence-electron chi connectivity index (χ2n) is 3.44. The zero-order valence-corrected chi connectivity index (χ0v) is 9.88. The molecule has 0 bridgehead atoms. The van der Waals surface area contributed by atoms with Crippen LogP contribution >= 0.6 is 11.8 Å². The fourth-order valence-electron chi connectivity index (χ4n) is 1.40. The predicted octanol–water partition coefficient (Wildman–Crippen LogP) is 2.42. The minimum Gasteiger partial charge on any atom is -0.360 e. The van der Waals surface area contributed by atoms with E-state index in [9.17, 15) is 0 Å². The van der Waals surface area contributed by atoms with Gasteiger partial charge < -0.3 is 4.90 Å². The lowest BCUT2D eigenvalue weighted by molar-refractivity contribution is 0.998. The average Bonchev–Trinajstić information content (AvgIpc) is 2.27. The molecule has 15 heavy (non-hydrogen) atoms. The summed E-state index contributed by atoms with van der Waals surface area (Å²) in [6.45, 7) is 0. The van der Waals surface area contributed by atoms with E-state index in [1.807, 2.05) is 49.5 Å². The Hall–Kier alpha value is -1.29. The third-order valence-corrected chi connectivity index (χ3v) is 2.80. The van der Waals surface area contributed by atoms with E-state index in [1.165, 1.54) is 0 Å². The van der Waals surface area contributed by atoms with E-state index in [4.69, 9.17) is 0 Å². The van der Waals surface area contributed by atoms with Gasteiger partial charge in [-0.15, -0.1) is 11.8 Å². The van der Waals surface area contributed by atoms with Gasteiger partial charge in [-0.05, 0) is 18.4 Å². The molecule has 1 aromatic carbocycles. The number of fused-ring (bicyclic) bond motifs is 1. The fourth-order valence-corrected chi connectivity index (χ4v) is 2.00. The van der Waals surface area contributed by atoms with Crippen molar-refractivity contribution in [1.82, 2.24) is 9.97 Å². The number of nitrogens with zero attached hydrogens (tertiary/aromatic N) is 3. The molecule has 0 saturated heterocycles. The Bertz CT molecular complexity index is 482. The normalized spacial score (nSPS) is 10.6. The van der Waals surface area contributed by atoms with Crippen molar-refractivity contribution >= 4 is 28.6 Å². The molecule has 0 aliphatic carbocycles. The summed E-state index contributed by atoms with van der Waals surface area (Å²) < 4.78 is 0. The van der Waals surface area contributed by atoms with E-state index < -0.39 is 0 Å². The third kappa shape index (κ3) is 1.90. The second-order valence-corrected chi connectivity index (χ2v) is 4.23. The quantitative estimate of drug-likeness (QED) is 0.725. The molecule has 3 nitrogen and oxygen atoms in total. The van der Waals surface area contributed by atoms with E-state index in [0.29, 0.717) is 0 Å². The van der Waals surface area contributed by atoms with E-state index >= 15 is 0 Å². The summed E-state index contributed by atoms with van der Waals surface area (Å²) in [7, 11) is 3.97. The van der Waals surface area contributed by atoms with Crippen LogP contribution in [0.5, 0.6) is 0 Å². The molecule has 2 rings (SSSR count). The number of para-hydroxylation sites is 2. The lowest BCUT2D eigenvalue weighted by atomic mass is 10.3. The third-order valence-electron chi connectivity index (χ3n) is 2.14. The monoisotopic (exact) mass is 219 g/mol. The summed E-state index contributed by atoms with van der Waals surface area (Å²) in [4.78, 5) is 11.2. The number of rotatable bonds is 2. The lowest BCUT2D eigenvalue weighted by Crippen LogP contribution is -2.12. The maximum Gasteiger partial charge on any atom is 0.161 e. The van der Waals surface area contributed by atoms with Gasteiger partial charge in [0, 0.05) is 14.1 Å². The Kier molecular flexibility index (Phi) is 2.77. The van der Waals surface area contributed by atoms with Gasteiger partial charge in [0.25, 0.3) is 0 Å². The molecule has 0 radical (unpaired) electrons. The SMILES string of the molecule is CSc1nc2ccccc2nc1N(C)C. The Morgan fingerprint density at radius 2 is 1.67 bits per heavy atom. The topological polar surface area (TPSA) is 29.0 Å². The van der Waals surface area contributed by atoms with Crippen LogP contribution in [0.25, 0.3) is 11.0 Å². The van der Waals surface area contributed by atoms with Crippen LogP contribution in [-0.2, 0) is 0 Å². The molecule has 0 amide bonds. The number of hydrogen-bond donors (Lipinski definition) is 0. The smallest absolute Gasteiger partial charge is 0.161 e. The lowest BCUT2D eigenvalue weighted by Gasteiger charge is -2.14. The molecule has 2 aromatic rings. The van der Waals surface area contributed by atoms with Crippen LogP contribution in [0.4, 0.5) is 5.82 Å². The summed E-state index contributed by atoms with van der Waals surface area (Å²) in [5.74, 6) is 0.932. The molecule has 0 fully saturated rings. The highest BCUT2D eigenvalue weighted by atomic mass is 32.2. The number of benzene rings is 1. The molecule has 1 heterocycles. The largest absolute Gasteiger partial charge is 0.360 e. The molecule has 0 aliphatic heterocycles. The Balaban J connectivity index is 2.69. The molecule has 78 valence electrons. The van der Waals surface area contributed by atoms with E-state index in [1.54, 1.807) is 11.8 Å². The number of hydrogen-bond acceptors (Lipinski definition) is 4. The minimum absolute atomic E-state index is 0.932. The first kappa shape index (κ1) is 10.2. The van der Waals surface area contributed by atoms with Crippen LogP contribution in [0.15, 0.2) is 29.3 Å². The van der Waals surface area contributed by atoms with Gasteiger partial charge >= 0.3 is 0 Å². The van der Waals surface area contributed by atoms with Crippen molar-refractivity contribution < 1.29 is 0 Å². The Labute approximate surface area is 93.5 Å². The van der Waals surface area contributed by atoms with Gasteiger partial charge in [-0.25, -0.2) is 9.97 Å². The maximum absolute atomic E-state index is 4.59. The highest BCUT2D eigenvalue weighted by Gasteiger charge is 2.08. The summed E-state index contributed by atoms with van der Waals surface area (Å²) in [6, 6.07) is 7.94. The molecule has 1 aromatic heterocycles. The van der Waals surface area contributed by atoms with Gasteiger partial charge in [0.1, 0.15) is 5.03 Å². The molecular weight excluding hydrogens is 206 g/mol. The predicted molar refractivity (Wildman–Crippen MR) is 65.6 cm³/mol. The Morgan fingerprint density at radius 3 is 2.20 bits per heavy atom. The Morgan fingerprint density at radius 1 is 1.07 bits per heavy atom. The van der Waals surface area contributed by atoms with Gasteiger partial charge in [-0.2, -0.15) is 0 Å². The van der Waals surface area contributed by atoms with Crippen LogP contribution in [-0.4, -0.2) is 30.3 Å². The molecule has 0 N–H and O–H groups in total. The summed E-state index contributed by atoms with van der Waals surface area (Å²) in [5, 5.41) is 0.971. The van der Waals surface area contributed by atoms with E-state index in [2.05, 4.69) is 9.97 Å². The van der Waals surface area contributed by atoms with Crippen molar-refractivity contribution in [3.63, 3.8) is 0 Å². The highest BCUT2D eigenvalue weighted by molar-refractivity contribution is 7.98. The highest BCUT2D eigenvalue weighted by Crippen LogP contribution is 2.25. The summed E-state index contributed by atoms with van der Waals surface area (Å²) in [6.07, 6.45) is 2.02. The van der Waals surface area contributed by atoms with Gasteiger partial charge in [0.2, 0.25) is 0 Å². The van der Waals surface area contributed by atoms with Crippen molar-refractivity contribution in [3.05, 3.63) is 24.3 Å². The van der Waals surface area contributed by atoms with Crippen molar-refractivity contribution in [2.75, 3.05) is 25.3 Å².